The lowest BCUT2D eigenvalue weighted by Gasteiger charge is -2.16. The van der Waals surface area contributed by atoms with Crippen molar-refractivity contribution in [3.8, 4) is 5.75 Å². The number of phenols is 1. The van der Waals surface area contributed by atoms with Gasteiger partial charge in [0.25, 0.3) is 0 Å². The van der Waals surface area contributed by atoms with E-state index in [1.807, 2.05) is 0 Å². The predicted octanol–water partition coefficient (Wildman–Crippen LogP) is 2.13. The van der Waals surface area contributed by atoms with E-state index in [9.17, 15) is 9.50 Å². The molecular weight excluding hydrogens is 181 g/mol. The maximum absolute atomic E-state index is 12.7. The van der Waals surface area contributed by atoms with Gasteiger partial charge in [-0.15, -0.1) is 0 Å². The summed E-state index contributed by atoms with van der Waals surface area (Å²) < 4.78 is 12.7. The van der Waals surface area contributed by atoms with Gasteiger partial charge >= 0.3 is 0 Å². The summed E-state index contributed by atoms with van der Waals surface area (Å²) in [4.78, 5) is 0. The van der Waals surface area contributed by atoms with E-state index < -0.39 is 5.82 Å². The van der Waals surface area contributed by atoms with Crippen molar-refractivity contribution >= 4 is 0 Å². The van der Waals surface area contributed by atoms with Gasteiger partial charge in [-0.3, -0.25) is 0 Å². The van der Waals surface area contributed by atoms with E-state index >= 15 is 0 Å². The van der Waals surface area contributed by atoms with E-state index in [0.717, 1.165) is 30.9 Å². The Morgan fingerprint density at radius 3 is 2.71 bits per heavy atom. The average molecular weight is 195 g/mol. The number of hydrogen-bond donors (Lipinski definition) is 2. The predicted molar refractivity (Wildman–Crippen MR) is 52.6 cm³/mol. The molecule has 0 saturated heterocycles. The Kier molecular flexibility index (Phi) is 2.42. The zero-order chi connectivity index (χ0) is 10.1. The standard InChI is InChI=1S/C11H14FNO/c12-7-4-5-9(11(14)6-7)8-2-1-3-10(8)13/h4-6,8,10,14H,1-3,13H2. The molecule has 76 valence electrons. The molecule has 3 heteroatoms. The summed E-state index contributed by atoms with van der Waals surface area (Å²) in [6.45, 7) is 0. The molecule has 1 saturated carbocycles. The van der Waals surface area contributed by atoms with Crippen LogP contribution in [0.1, 0.15) is 30.7 Å². The number of rotatable bonds is 1. The fraction of sp³-hybridized carbons (Fsp3) is 0.455. The molecule has 1 aliphatic rings. The van der Waals surface area contributed by atoms with Gasteiger partial charge in [-0.2, -0.15) is 0 Å². The van der Waals surface area contributed by atoms with E-state index in [-0.39, 0.29) is 17.7 Å². The van der Waals surface area contributed by atoms with E-state index in [0.29, 0.717) is 0 Å². The summed E-state index contributed by atoms with van der Waals surface area (Å²) in [5.74, 6) is -0.180. The van der Waals surface area contributed by atoms with E-state index in [2.05, 4.69) is 0 Å². The lowest BCUT2D eigenvalue weighted by Crippen LogP contribution is -2.22. The van der Waals surface area contributed by atoms with Crippen LogP contribution in [0.25, 0.3) is 0 Å². The molecule has 2 unspecified atom stereocenters. The topological polar surface area (TPSA) is 46.2 Å². The van der Waals surface area contributed by atoms with Gasteiger partial charge in [0, 0.05) is 18.0 Å². The minimum atomic E-state index is -0.405. The van der Waals surface area contributed by atoms with Crippen molar-refractivity contribution < 1.29 is 9.50 Å². The maximum Gasteiger partial charge on any atom is 0.126 e. The van der Waals surface area contributed by atoms with Crippen molar-refractivity contribution in [2.24, 2.45) is 5.73 Å². The van der Waals surface area contributed by atoms with Crippen LogP contribution in [-0.2, 0) is 0 Å². The average Bonchev–Trinajstić information content (AvgIpc) is 2.52. The summed E-state index contributed by atoms with van der Waals surface area (Å²) in [5, 5.41) is 9.57. The highest BCUT2D eigenvalue weighted by atomic mass is 19.1. The van der Waals surface area contributed by atoms with Crippen LogP contribution in [0.3, 0.4) is 0 Å². The Bertz CT molecular complexity index is 340. The Morgan fingerprint density at radius 2 is 2.14 bits per heavy atom. The molecule has 0 radical (unpaired) electrons. The highest BCUT2D eigenvalue weighted by Crippen LogP contribution is 2.37. The summed E-state index contributed by atoms with van der Waals surface area (Å²) in [5.41, 5.74) is 6.70. The van der Waals surface area contributed by atoms with Crippen molar-refractivity contribution in [3.63, 3.8) is 0 Å². The van der Waals surface area contributed by atoms with Gasteiger partial charge < -0.3 is 10.8 Å². The van der Waals surface area contributed by atoms with Gasteiger partial charge in [0.05, 0.1) is 0 Å². The molecule has 1 aromatic rings. The van der Waals surface area contributed by atoms with Crippen LogP contribution in [0.2, 0.25) is 0 Å². The lowest BCUT2D eigenvalue weighted by molar-refractivity contribution is 0.450. The lowest BCUT2D eigenvalue weighted by atomic mass is 9.94. The third-order valence-electron chi connectivity index (χ3n) is 2.96. The summed E-state index contributed by atoms with van der Waals surface area (Å²) >= 11 is 0. The van der Waals surface area contributed by atoms with Crippen molar-refractivity contribution in [2.75, 3.05) is 0 Å². The smallest absolute Gasteiger partial charge is 0.126 e. The molecule has 0 aromatic heterocycles. The Balaban J connectivity index is 2.31. The van der Waals surface area contributed by atoms with E-state index in [4.69, 9.17) is 5.73 Å². The van der Waals surface area contributed by atoms with Crippen LogP contribution in [-0.4, -0.2) is 11.1 Å². The fourth-order valence-corrected chi connectivity index (χ4v) is 2.21. The SMILES string of the molecule is NC1CCCC1c1ccc(F)cc1O. The van der Waals surface area contributed by atoms with Crippen molar-refractivity contribution in [3.05, 3.63) is 29.6 Å². The first-order valence-electron chi connectivity index (χ1n) is 4.92. The monoisotopic (exact) mass is 195 g/mol. The first kappa shape index (κ1) is 9.46. The molecule has 2 nitrogen and oxygen atoms in total. The van der Waals surface area contributed by atoms with Gasteiger partial charge in [0.1, 0.15) is 11.6 Å². The zero-order valence-electron chi connectivity index (χ0n) is 7.91. The molecule has 1 aromatic carbocycles. The van der Waals surface area contributed by atoms with Gasteiger partial charge in [0.15, 0.2) is 0 Å². The third kappa shape index (κ3) is 1.60. The summed E-state index contributed by atoms with van der Waals surface area (Å²) in [6, 6.07) is 4.27. The molecular formula is C11H14FNO. The number of hydrogen-bond acceptors (Lipinski definition) is 2. The highest BCUT2D eigenvalue weighted by molar-refractivity contribution is 5.37. The van der Waals surface area contributed by atoms with Gasteiger partial charge in [-0.25, -0.2) is 4.39 Å². The molecule has 0 heterocycles. The molecule has 0 spiro atoms. The zero-order valence-corrected chi connectivity index (χ0v) is 7.91. The molecule has 1 fully saturated rings. The highest BCUT2D eigenvalue weighted by Gasteiger charge is 2.27. The molecule has 2 rings (SSSR count). The van der Waals surface area contributed by atoms with Crippen LogP contribution in [0.4, 0.5) is 4.39 Å². The first-order chi connectivity index (χ1) is 6.68. The van der Waals surface area contributed by atoms with Crippen molar-refractivity contribution in [1.82, 2.24) is 0 Å². The minimum Gasteiger partial charge on any atom is -0.508 e. The molecule has 0 aliphatic heterocycles. The van der Waals surface area contributed by atoms with E-state index in [1.165, 1.54) is 6.07 Å². The molecule has 3 N–H and O–H groups in total. The van der Waals surface area contributed by atoms with Gasteiger partial charge in [-0.05, 0) is 24.5 Å². The molecule has 1 aliphatic carbocycles. The maximum atomic E-state index is 12.7. The van der Waals surface area contributed by atoms with Crippen LogP contribution in [0, 0.1) is 5.82 Å². The summed E-state index contributed by atoms with van der Waals surface area (Å²) in [6.07, 6.45) is 3.06. The van der Waals surface area contributed by atoms with Crippen LogP contribution >= 0.6 is 0 Å². The largest absolute Gasteiger partial charge is 0.508 e. The number of benzene rings is 1. The number of halogens is 1. The Hall–Kier alpha value is -1.09. The molecule has 14 heavy (non-hydrogen) atoms. The number of phenolic OH excluding ortho intramolecular Hbond substituents is 1. The molecule has 2 atom stereocenters. The number of aromatic hydroxyl groups is 1. The van der Waals surface area contributed by atoms with Crippen LogP contribution in [0.5, 0.6) is 5.75 Å². The Morgan fingerprint density at radius 1 is 1.36 bits per heavy atom. The Labute approximate surface area is 82.5 Å². The molecule has 0 bridgehead atoms. The fourth-order valence-electron chi connectivity index (χ4n) is 2.21. The van der Waals surface area contributed by atoms with Gasteiger partial charge in [-0.1, -0.05) is 12.5 Å². The van der Waals surface area contributed by atoms with Gasteiger partial charge in [0.2, 0.25) is 0 Å². The second-order valence-corrected chi connectivity index (χ2v) is 3.90. The second-order valence-electron chi connectivity index (χ2n) is 3.90. The van der Waals surface area contributed by atoms with Crippen LogP contribution in [0.15, 0.2) is 18.2 Å². The first-order valence-corrected chi connectivity index (χ1v) is 4.92. The van der Waals surface area contributed by atoms with Crippen molar-refractivity contribution in [1.29, 1.82) is 0 Å². The van der Waals surface area contributed by atoms with Crippen molar-refractivity contribution in [2.45, 2.75) is 31.2 Å². The number of nitrogens with two attached hydrogens (primary N) is 1. The molecule has 0 amide bonds. The summed E-state index contributed by atoms with van der Waals surface area (Å²) in [7, 11) is 0. The quantitative estimate of drug-likeness (QED) is 0.721. The van der Waals surface area contributed by atoms with Crippen LogP contribution < -0.4 is 5.73 Å². The second kappa shape index (κ2) is 3.58. The van der Waals surface area contributed by atoms with E-state index in [1.54, 1.807) is 6.07 Å². The minimum absolute atomic E-state index is 0.0346. The normalized spacial score (nSPS) is 26.7. The third-order valence-corrected chi connectivity index (χ3v) is 2.96.